The number of hydrogen-bond donors (Lipinski definition) is 2. The predicted octanol–water partition coefficient (Wildman–Crippen LogP) is 2.10. The molecule has 0 aliphatic heterocycles. The van der Waals surface area contributed by atoms with Crippen LogP contribution < -0.4 is 5.32 Å². The molecule has 0 saturated heterocycles. The van der Waals surface area contributed by atoms with Crippen LogP contribution in [0.15, 0.2) is 6.20 Å². The van der Waals surface area contributed by atoms with Crippen molar-refractivity contribution in [1.82, 2.24) is 10.3 Å². The first-order valence-electron chi connectivity index (χ1n) is 6.13. The molecule has 0 amide bonds. The third-order valence-corrected chi connectivity index (χ3v) is 4.26. The van der Waals surface area contributed by atoms with Crippen molar-refractivity contribution in [3.05, 3.63) is 16.1 Å². The number of nitrogens with zero attached hydrogens (tertiary/aromatic N) is 1. The smallest absolute Gasteiger partial charge is 0.0925 e. The van der Waals surface area contributed by atoms with E-state index in [0.717, 1.165) is 32.2 Å². The number of aliphatic hydroxyl groups excluding tert-OH is 1. The third-order valence-electron chi connectivity index (χ3n) is 3.12. The molecule has 2 rings (SSSR count). The molecular formula is C12H20N2OS. The van der Waals surface area contributed by atoms with E-state index in [1.807, 2.05) is 6.20 Å². The van der Waals surface area contributed by atoms with Crippen LogP contribution in [0.4, 0.5) is 0 Å². The average Bonchev–Trinajstić information content (AvgIpc) is 2.74. The summed E-state index contributed by atoms with van der Waals surface area (Å²) in [6, 6.07) is 0.482. The molecule has 1 aliphatic rings. The fourth-order valence-corrected chi connectivity index (χ4v) is 3.00. The van der Waals surface area contributed by atoms with Gasteiger partial charge in [0.05, 0.1) is 11.1 Å². The molecule has 2 unspecified atom stereocenters. The summed E-state index contributed by atoms with van der Waals surface area (Å²) >= 11 is 1.79. The van der Waals surface area contributed by atoms with E-state index in [0.29, 0.717) is 6.04 Å². The van der Waals surface area contributed by atoms with E-state index in [1.165, 1.54) is 16.3 Å². The minimum absolute atomic E-state index is 0.0982. The fourth-order valence-electron chi connectivity index (χ4n) is 2.19. The van der Waals surface area contributed by atoms with Crippen LogP contribution in [0.1, 0.15) is 42.5 Å². The molecule has 1 heterocycles. The van der Waals surface area contributed by atoms with E-state index >= 15 is 0 Å². The Bertz CT molecular complexity index is 327. The Kier molecular flexibility index (Phi) is 4.32. The van der Waals surface area contributed by atoms with E-state index in [1.54, 1.807) is 11.3 Å². The standard InChI is InChI=1S/C12H20N2OS/c1-2-12-14-8-11(16-12)7-13-9-4-3-5-10(15)6-9/h8-10,13,15H,2-7H2,1H3. The molecule has 1 fully saturated rings. The first-order chi connectivity index (χ1) is 7.78. The van der Waals surface area contributed by atoms with E-state index in [4.69, 9.17) is 0 Å². The van der Waals surface area contributed by atoms with Gasteiger partial charge in [-0.05, 0) is 32.1 Å². The van der Waals surface area contributed by atoms with Crippen molar-refractivity contribution in [3.8, 4) is 0 Å². The summed E-state index contributed by atoms with van der Waals surface area (Å²) in [6.07, 6.45) is 7.10. The highest BCUT2D eigenvalue weighted by molar-refractivity contribution is 7.11. The number of nitrogens with one attached hydrogen (secondary N) is 1. The highest BCUT2D eigenvalue weighted by Crippen LogP contribution is 2.19. The van der Waals surface area contributed by atoms with E-state index in [2.05, 4.69) is 17.2 Å². The number of aromatic nitrogens is 1. The van der Waals surface area contributed by atoms with Crippen LogP contribution in [0, 0.1) is 0 Å². The molecule has 2 atom stereocenters. The average molecular weight is 240 g/mol. The molecule has 16 heavy (non-hydrogen) atoms. The molecule has 3 nitrogen and oxygen atoms in total. The largest absolute Gasteiger partial charge is 0.393 e. The van der Waals surface area contributed by atoms with Crippen molar-refractivity contribution >= 4 is 11.3 Å². The summed E-state index contributed by atoms with van der Waals surface area (Å²) in [5.74, 6) is 0. The van der Waals surface area contributed by atoms with Crippen molar-refractivity contribution in [2.24, 2.45) is 0 Å². The van der Waals surface area contributed by atoms with Crippen LogP contribution in [0.5, 0.6) is 0 Å². The molecule has 0 bridgehead atoms. The Morgan fingerprint density at radius 1 is 1.56 bits per heavy atom. The van der Waals surface area contributed by atoms with Crippen LogP contribution in [0.2, 0.25) is 0 Å². The van der Waals surface area contributed by atoms with Gasteiger partial charge in [-0.3, -0.25) is 0 Å². The second-order valence-corrected chi connectivity index (χ2v) is 5.67. The summed E-state index contributed by atoms with van der Waals surface area (Å²) in [7, 11) is 0. The minimum Gasteiger partial charge on any atom is -0.393 e. The maximum absolute atomic E-state index is 9.57. The lowest BCUT2D eigenvalue weighted by Crippen LogP contribution is -2.35. The van der Waals surface area contributed by atoms with E-state index < -0.39 is 0 Å². The van der Waals surface area contributed by atoms with Gasteiger partial charge < -0.3 is 10.4 Å². The van der Waals surface area contributed by atoms with Gasteiger partial charge in [0.25, 0.3) is 0 Å². The van der Waals surface area contributed by atoms with Crippen LogP contribution in [-0.4, -0.2) is 22.2 Å². The van der Waals surface area contributed by atoms with Gasteiger partial charge in [-0.2, -0.15) is 0 Å². The van der Waals surface area contributed by atoms with Gasteiger partial charge in [0.15, 0.2) is 0 Å². The number of thiazole rings is 1. The SMILES string of the molecule is CCc1ncc(CNC2CCCC(O)C2)s1. The molecule has 1 aliphatic carbocycles. The molecule has 2 N–H and O–H groups in total. The lowest BCUT2D eigenvalue weighted by Gasteiger charge is -2.26. The first-order valence-corrected chi connectivity index (χ1v) is 6.94. The van der Waals surface area contributed by atoms with Crippen molar-refractivity contribution in [2.45, 2.75) is 57.7 Å². The zero-order valence-corrected chi connectivity index (χ0v) is 10.6. The summed E-state index contributed by atoms with van der Waals surface area (Å²) in [5.41, 5.74) is 0. The topological polar surface area (TPSA) is 45.2 Å². The second-order valence-electron chi connectivity index (χ2n) is 4.47. The van der Waals surface area contributed by atoms with Crippen molar-refractivity contribution in [1.29, 1.82) is 0 Å². The summed E-state index contributed by atoms with van der Waals surface area (Å²) in [4.78, 5) is 5.65. The third kappa shape index (κ3) is 3.27. The molecule has 0 spiro atoms. The van der Waals surface area contributed by atoms with Crippen LogP contribution in [0.25, 0.3) is 0 Å². The highest BCUT2D eigenvalue weighted by Gasteiger charge is 2.19. The second kappa shape index (κ2) is 5.75. The summed E-state index contributed by atoms with van der Waals surface area (Å²) in [5, 5.41) is 14.3. The Balaban J connectivity index is 1.78. The van der Waals surface area contributed by atoms with Gasteiger partial charge >= 0.3 is 0 Å². The quantitative estimate of drug-likeness (QED) is 0.847. The molecular weight excluding hydrogens is 220 g/mol. The van der Waals surface area contributed by atoms with Crippen LogP contribution >= 0.6 is 11.3 Å². The molecule has 1 saturated carbocycles. The zero-order valence-electron chi connectivity index (χ0n) is 9.78. The van der Waals surface area contributed by atoms with Gasteiger partial charge in [0, 0.05) is 23.7 Å². The molecule has 4 heteroatoms. The molecule has 0 radical (unpaired) electrons. The number of aliphatic hydroxyl groups is 1. The maximum Gasteiger partial charge on any atom is 0.0925 e. The highest BCUT2D eigenvalue weighted by atomic mass is 32.1. The first kappa shape index (κ1) is 12.0. The monoisotopic (exact) mass is 240 g/mol. The molecule has 1 aromatic heterocycles. The lowest BCUT2D eigenvalue weighted by atomic mass is 9.93. The van der Waals surface area contributed by atoms with Gasteiger partial charge in [-0.25, -0.2) is 4.98 Å². The fraction of sp³-hybridized carbons (Fsp3) is 0.750. The van der Waals surface area contributed by atoms with E-state index in [-0.39, 0.29) is 6.10 Å². The summed E-state index contributed by atoms with van der Waals surface area (Å²) in [6.45, 7) is 3.03. The Morgan fingerprint density at radius 2 is 2.44 bits per heavy atom. The number of hydrogen-bond acceptors (Lipinski definition) is 4. The van der Waals surface area contributed by atoms with Gasteiger partial charge in [0.2, 0.25) is 0 Å². The maximum atomic E-state index is 9.57. The predicted molar refractivity (Wildman–Crippen MR) is 66.6 cm³/mol. The number of aryl methyl sites for hydroxylation is 1. The van der Waals surface area contributed by atoms with Gasteiger partial charge in [-0.1, -0.05) is 6.92 Å². The Hall–Kier alpha value is -0.450. The molecule has 0 aromatic carbocycles. The molecule has 1 aromatic rings. The molecule has 90 valence electrons. The minimum atomic E-state index is -0.0982. The van der Waals surface area contributed by atoms with Gasteiger partial charge in [-0.15, -0.1) is 11.3 Å². The van der Waals surface area contributed by atoms with E-state index in [9.17, 15) is 5.11 Å². The van der Waals surface area contributed by atoms with Crippen LogP contribution in [0.3, 0.4) is 0 Å². The zero-order chi connectivity index (χ0) is 11.4. The number of rotatable bonds is 4. The lowest BCUT2D eigenvalue weighted by molar-refractivity contribution is 0.111. The Labute approximate surface area is 101 Å². The summed E-state index contributed by atoms with van der Waals surface area (Å²) < 4.78 is 0. The van der Waals surface area contributed by atoms with Crippen molar-refractivity contribution in [2.75, 3.05) is 0 Å². The van der Waals surface area contributed by atoms with Gasteiger partial charge in [0.1, 0.15) is 0 Å². The van der Waals surface area contributed by atoms with Crippen LogP contribution in [-0.2, 0) is 13.0 Å². The Morgan fingerprint density at radius 3 is 3.12 bits per heavy atom. The normalized spacial score (nSPS) is 25.9. The van der Waals surface area contributed by atoms with Crippen molar-refractivity contribution in [3.63, 3.8) is 0 Å². The van der Waals surface area contributed by atoms with Crippen molar-refractivity contribution < 1.29 is 5.11 Å².